The zero-order valence-corrected chi connectivity index (χ0v) is 138. The molecule has 0 atom stereocenters. The predicted molar refractivity (Wildman–Crippen MR) is 0 cm³/mol. The van der Waals surface area contributed by atoms with Crippen LogP contribution in [0, 0.1) is 0 Å². The molecule has 0 aromatic rings. The first kappa shape index (κ1) is 1330. The van der Waals surface area contributed by atoms with Crippen molar-refractivity contribution in [2.24, 2.45) is 0 Å². The van der Waals surface area contributed by atoms with E-state index in [1.807, 2.05) is 0 Å². The van der Waals surface area contributed by atoms with Crippen LogP contribution in [0.1, 0.15) is 0 Å². The first-order valence-electron chi connectivity index (χ1n) is 0. The molecule has 0 N–H and O–H groups in total. The molecule has 0 rings (SSSR count). The summed E-state index contributed by atoms with van der Waals surface area (Å²) in [6, 6.07) is 0. The maximum absolute atomic E-state index is 0. The van der Waals surface area contributed by atoms with E-state index >= 15 is 0 Å². The van der Waals surface area contributed by atoms with Crippen molar-refractivity contribution < 1.29 is 1670 Å². The minimum Gasteiger partial charge on any atom is 0 e. The second-order valence-electron chi connectivity index (χ2n) is 0. The number of hydrogen-bond donors (Lipinski definition) is 0. The van der Waals surface area contributed by atoms with Gasteiger partial charge in [-0.1, -0.05) is 0 Å². The van der Waals surface area contributed by atoms with Gasteiger partial charge >= 0.3 is 0 Å². The van der Waals surface area contributed by atoms with Crippen LogP contribution in [-0.2, 0) is 1670 Å². The van der Waals surface area contributed by atoms with E-state index in [-0.39, 0.29) is 1670 Å². The van der Waals surface area contributed by atoms with Gasteiger partial charge < -0.3 is 0 Å². The van der Waals surface area contributed by atoms with Crippen LogP contribution in [0.15, 0.2) is 0 Å². The molecule has 0 aliphatic rings. The molecule has 0 spiro atoms. The second kappa shape index (κ2) is 1300. The van der Waals surface area contributed by atoms with E-state index in [1.165, 1.54) is 0 Å². The number of hydrogen-bond acceptors (Lipinski definition) is 0. The first-order chi connectivity index (χ1) is 0. The van der Waals surface area contributed by atoms with Gasteiger partial charge in [-0.05, 0) is 0 Å². The van der Waals surface area contributed by atoms with Crippen LogP contribution in [-0.4, -0.2) is 0 Å². The third-order valence-corrected chi connectivity index (χ3v) is 0. The zero-order valence-electron chi connectivity index (χ0n) is 33.5. The van der Waals surface area contributed by atoms with E-state index in [9.17, 15) is 0 Å². The van der Waals surface area contributed by atoms with Crippen molar-refractivity contribution in [1.82, 2.24) is 0 Å². The number of rotatable bonds is 0. The standard InChI is InChI=1S/20Cr.80Ni. The second-order valence-corrected chi connectivity index (χ2v) is 0. The van der Waals surface area contributed by atoms with Crippen molar-refractivity contribution in [3.8, 4) is 0 Å². The fourth-order valence-corrected chi connectivity index (χ4v) is 0. The Morgan fingerprint density at radius 1 is 0.0200 bits per heavy atom. The molecule has 0 aliphatic carbocycles. The molecule has 0 nitrogen and oxygen atoms in total. The van der Waals surface area contributed by atoms with Crippen LogP contribution >= 0.6 is 0 Å². The average Bonchev–Trinajstić information content (AvgIpc) is 0. The summed E-state index contributed by atoms with van der Waals surface area (Å²) < 4.78 is 0. The molecule has 0 aliphatic heterocycles. The molecule has 0 bridgehead atoms. The molecule has 0 saturated heterocycles. The molecule has 0 radical (unpaired) electrons. The minimum absolute atomic E-state index is 0. The molecule has 100 heavy (non-hydrogen) atoms. The van der Waals surface area contributed by atoms with Gasteiger partial charge in [0.1, 0.15) is 0 Å². The fraction of sp³-hybridized carbons (Fsp3) is 0. The van der Waals surface area contributed by atoms with Crippen LogP contribution in [0.4, 0.5) is 0 Å². The Labute approximate surface area is 1620 Å². The van der Waals surface area contributed by atoms with E-state index in [1.54, 1.807) is 0 Å². The van der Waals surface area contributed by atoms with Crippen molar-refractivity contribution in [2.75, 3.05) is 0 Å². The van der Waals surface area contributed by atoms with E-state index in [0.29, 0.717) is 0 Å². The normalized spacial score (nSPS) is 0. The van der Waals surface area contributed by atoms with Crippen LogP contribution in [0.3, 0.4) is 0 Å². The summed E-state index contributed by atoms with van der Waals surface area (Å²) in [6.45, 7) is 0. The topological polar surface area (TPSA) is 0 Å². The Morgan fingerprint density at radius 2 is 0.0200 bits per heavy atom. The van der Waals surface area contributed by atoms with Crippen molar-refractivity contribution in [3.05, 3.63) is 0 Å². The molecule has 0 fully saturated rings. The van der Waals surface area contributed by atoms with Gasteiger partial charge in [-0.2, -0.15) is 0 Å². The summed E-state index contributed by atoms with van der Waals surface area (Å²) in [7, 11) is 0. The summed E-state index contributed by atoms with van der Waals surface area (Å²) in [5.41, 5.74) is 0. The largest absolute Gasteiger partial charge is 0 e. The van der Waals surface area contributed by atoms with Gasteiger partial charge in [0, 0.05) is 1670 Å². The van der Waals surface area contributed by atoms with Crippen LogP contribution < -0.4 is 0 Å². The average molecular weight is 5740 g/mol. The maximum atomic E-state index is 0. The SMILES string of the molecule is [Cr].[Cr].[Cr].[Cr].[Cr].[Cr].[Cr].[Cr].[Cr].[Cr].[Cr].[Cr].[Cr].[Cr].[Cr].[Cr].[Cr].[Cr].[Cr].[Cr].[Ni].[Ni].[Ni].[Ni].[Ni].[Ni].[Ni].[Ni].[Ni].[Ni].[Ni].[Ni].[Ni].[Ni].[Ni].[Ni].[Ni].[Ni].[Ni].[Ni].[Ni].[Ni].[Ni].[Ni].[Ni].[Ni].[Ni].[Ni].[Ni].[Ni].[Ni].[Ni].[Ni].[Ni].[Ni].[Ni].[Ni].[Ni].[Ni].[Ni].[Ni].[Ni].[Ni].[Ni].[Ni].[Ni].[Ni].[Ni].[Ni].[Ni].[Ni].[Ni].[Ni].[Ni].[Ni].[Ni].[Ni].[Ni].[Ni].[Ni].[Ni].[Ni].[Ni].[Ni].[Ni].[Ni].[Ni].[Ni].[Ni].[Ni].[Ni].[Ni].[Ni].[Ni].[Ni].[Ni].[Ni].[Ni].[Ni].[Ni]. The van der Waals surface area contributed by atoms with E-state index < -0.39 is 0 Å². The summed E-state index contributed by atoms with van der Waals surface area (Å²) in [5, 5.41) is 0. The van der Waals surface area contributed by atoms with Gasteiger partial charge in [-0.15, -0.1) is 0 Å². The van der Waals surface area contributed by atoms with E-state index in [0.717, 1.165) is 0 Å². The maximum Gasteiger partial charge on any atom is 0 e. The monoisotopic (exact) mass is 5670 g/mol. The quantitative estimate of drug-likeness (QED) is 0.295. The van der Waals surface area contributed by atoms with Gasteiger partial charge in [0.15, 0.2) is 0 Å². The van der Waals surface area contributed by atoms with E-state index in [2.05, 4.69) is 0 Å². The minimum atomic E-state index is 0. The van der Waals surface area contributed by atoms with Gasteiger partial charge in [0.25, 0.3) is 0 Å². The van der Waals surface area contributed by atoms with Crippen molar-refractivity contribution in [3.63, 3.8) is 0 Å². The van der Waals surface area contributed by atoms with Crippen LogP contribution in [0.25, 0.3) is 0 Å². The summed E-state index contributed by atoms with van der Waals surface area (Å²) in [4.78, 5) is 0. The smallest absolute Gasteiger partial charge is 0 e. The Hall–Kier alpha value is 50.1. The molecular weight excluding hydrogens is 5740 g/mol. The third kappa shape index (κ3) is 1280. The van der Waals surface area contributed by atoms with Crippen molar-refractivity contribution in [2.45, 2.75) is 0 Å². The Bertz CT molecular complexity index is 72.2. The molecule has 0 heterocycles. The van der Waals surface area contributed by atoms with Gasteiger partial charge in [-0.25, -0.2) is 0 Å². The Balaban J connectivity index is 0. The first-order valence-corrected chi connectivity index (χ1v) is 0. The van der Waals surface area contributed by atoms with Gasteiger partial charge in [0.2, 0.25) is 0 Å². The predicted octanol–water partition coefficient (Wildman–Crippen LogP) is -0.250. The molecular formula is Cr20Ni80. The summed E-state index contributed by atoms with van der Waals surface area (Å²) in [6.07, 6.45) is 0. The Morgan fingerprint density at radius 3 is 0.0200 bits per heavy atom. The third-order valence-electron chi connectivity index (χ3n) is 0. The molecule has 100 heteroatoms. The summed E-state index contributed by atoms with van der Waals surface area (Å²) >= 11 is 0. The molecule has 0 aromatic carbocycles. The Kier molecular flexibility index (Phi) is 17300. The van der Waals surface area contributed by atoms with E-state index in [4.69, 9.17) is 0 Å². The fourth-order valence-electron chi connectivity index (χ4n) is 0. The van der Waals surface area contributed by atoms with Crippen LogP contribution in [0.5, 0.6) is 0 Å². The van der Waals surface area contributed by atoms with Gasteiger partial charge in [-0.3, -0.25) is 0 Å². The zero-order chi connectivity index (χ0) is 0. The molecule has 0 unspecified atom stereocenters. The molecule has 0 saturated carbocycles. The van der Waals surface area contributed by atoms with Crippen molar-refractivity contribution >= 4 is 0 Å². The molecule has 920 valence electrons. The molecule has 0 aromatic heterocycles. The summed E-state index contributed by atoms with van der Waals surface area (Å²) in [5.74, 6) is 0. The van der Waals surface area contributed by atoms with Gasteiger partial charge in [0.05, 0.1) is 0 Å². The van der Waals surface area contributed by atoms with Crippen molar-refractivity contribution in [1.29, 1.82) is 0 Å². The van der Waals surface area contributed by atoms with Crippen LogP contribution in [0.2, 0.25) is 0 Å². The molecule has 0 amide bonds.